The van der Waals surface area contributed by atoms with Crippen molar-refractivity contribution < 1.29 is 13.5 Å². The van der Waals surface area contributed by atoms with Crippen LogP contribution in [0, 0.1) is 11.6 Å². The minimum Gasteiger partial charge on any atom is -0.461 e. The highest BCUT2D eigenvalue weighted by molar-refractivity contribution is 5.99. The molecule has 4 aliphatic rings. The summed E-state index contributed by atoms with van der Waals surface area (Å²) in [6.07, 6.45) is 8.42. The molecule has 8 rings (SSSR count). The smallest absolute Gasteiger partial charge is 0.319 e. The van der Waals surface area contributed by atoms with Crippen LogP contribution in [0.2, 0.25) is 0 Å². The molecule has 206 valence electrons. The molecule has 2 atom stereocenters. The minimum atomic E-state index is -0.582. The Balaban J connectivity index is 1.25. The number of aromatic nitrogens is 3. The Morgan fingerprint density at radius 1 is 0.975 bits per heavy atom. The van der Waals surface area contributed by atoms with Crippen molar-refractivity contribution >= 4 is 27.5 Å². The van der Waals surface area contributed by atoms with Gasteiger partial charge in [-0.15, -0.1) is 0 Å². The van der Waals surface area contributed by atoms with E-state index in [1.54, 1.807) is 24.4 Å². The van der Waals surface area contributed by atoms with Crippen LogP contribution in [-0.2, 0) is 0 Å². The van der Waals surface area contributed by atoms with Gasteiger partial charge in [0.05, 0.1) is 10.9 Å². The maximum absolute atomic E-state index is 16.5. The van der Waals surface area contributed by atoms with Crippen LogP contribution in [0.3, 0.4) is 0 Å². The minimum absolute atomic E-state index is 0.0229. The number of nitrogens with zero attached hydrogens (tertiary/aromatic N) is 5. The Morgan fingerprint density at radius 2 is 1.73 bits per heavy atom. The van der Waals surface area contributed by atoms with Crippen LogP contribution in [-0.4, -0.2) is 70.3 Å². The van der Waals surface area contributed by atoms with Crippen LogP contribution in [0.15, 0.2) is 42.6 Å². The predicted molar refractivity (Wildman–Crippen MR) is 151 cm³/mol. The SMILES string of the molecule is Fc1c(-c2cccc3cccc(F)c23)ncc2c(N3C[C@H]4CC[C@@H](C3)N4)nc(OCC34CCCN3CCC4)nc12. The lowest BCUT2D eigenvalue weighted by Gasteiger charge is -2.34. The molecule has 2 aromatic heterocycles. The monoisotopic (exact) mass is 542 g/mol. The molecule has 2 aromatic carbocycles. The molecule has 4 aromatic rings. The third-order valence-corrected chi connectivity index (χ3v) is 9.55. The molecule has 0 unspecified atom stereocenters. The van der Waals surface area contributed by atoms with Gasteiger partial charge in [-0.2, -0.15) is 9.97 Å². The van der Waals surface area contributed by atoms with Crippen molar-refractivity contribution in [3.63, 3.8) is 0 Å². The summed E-state index contributed by atoms with van der Waals surface area (Å²) in [6.45, 7) is 4.28. The van der Waals surface area contributed by atoms with E-state index >= 15 is 4.39 Å². The average Bonchev–Trinajstić information content (AvgIpc) is 3.65. The molecular weight excluding hydrogens is 510 g/mol. The van der Waals surface area contributed by atoms with E-state index in [2.05, 4.69) is 25.1 Å². The zero-order valence-electron chi connectivity index (χ0n) is 22.4. The number of rotatable bonds is 5. The van der Waals surface area contributed by atoms with Crippen LogP contribution in [0.25, 0.3) is 32.9 Å². The van der Waals surface area contributed by atoms with E-state index in [1.807, 2.05) is 12.1 Å². The average molecular weight is 543 g/mol. The highest BCUT2D eigenvalue weighted by Gasteiger charge is 2.45. The number of hydrogen-bond donors (Lipinski definition) is 1. The first-order chi connectivity index (χ1) is 19.6. The lowest BCUT2D eigenvalue weighted by Crippen LogP contribution is -2.51. The number of hydrogen-bond acceptors (Lipinski definition) is 7. The van der Waals surface area contributed by atoms with Crippen LogP contribution in [0.4, 0.5) is 14.6 Å². The standard InChI is InChI=1S/C31H32F2N6O/c32-24-8-2-6-19-5-1-7-22(25(19)24)27-26(33)28-23(15-34-27)29(38-16-20-9-10-21(17-38)35-20)37-30(36-28)40-18-31-11-3-13-39(31)14-4-12-31/h1-2,5-8,15,20-21,35H,3-4,9-14,16-18H2/t20-,21+. The van der Waals surface area contributed by atoms with Gasteiger partial charge in [0, 0.05) is 42.3 Å². The van der Waals surface area contributed by atoms with Crippen LogP contribution >= 0.6 is 0 Å². The Morgan fingerprint density at radius 3 is 2.50 bits per heavy atom. The third kappa shape index (κ3) is 3.85. The molecule has 0 radical (unpaired) electrons. The molecule has 0 spiro atoms. The largest absolute Gasteiger partial charge is 0.461 e. The number of benzene rings is 2. The summed E-state index contributed by atoms with van der Waals surface area (Å²) in [6, 6.07) is 11.2. The second kappa shape index (κ2) is 9.31. The van der Waals surface area contributed by atoms with Crippen molar-refractivity contribution in [2.75, 3.05) is 37.7 Å². The molecule has 6 heterocycles. The highest BCUT2D eigenvalue weighted by Crippen LogP contribution is 2.40. The Bertz CT molecular complexity index is 1600. The summed E-state index contributed by atoms with van der Waals surface area (Å²) < 4.78 is 37.8. The van der Waals surface area contributed by atoms with Crippen molar-refractivity contribution in [2.45, 2.75) is 56.1 Å². The van der Waals surface area contributed by atoms with Crippen molar-refractivity contribution in [3.05, 3.63) is 54.2 Å². The van der Waals surface area contributed by atoms with Gasteiger partial charge in [-0.1, -0.05) is 30.3 Å². The molecule has 4 aliphatic heterocycles. The van der Waals surface area contributed by atoms with Gasteiger partial charge in [0.25, 0.3) is 0 Å². The molecule has 4 fully saturated rings. The van der Waals surface area contributed by atoms with Gasteiger partial charge < -0.3 is 15.0 Å². The number of pyridine rings is 1. The first kappa shape index (κ1) is 24.4. The number of halogens is 2. The number of fused-ring (bicyclic) bond motifs is 5. The summed E-state index contributed by atoms with van der Waals surface area (Å²) in [5, 5.41) is 5.25. The van der Waals surface area contributed by atoms with Crippen molar-refractivity contribution in [2.24, 2.45) is 0 Å². The van der Waals surface area contributed by atoms with Gasteiger partial charge >= 0.3 is 6.01 Å². The van der Waals surface area contributed by atoms with E-state index in [0.29, 0.717) is 46.2 Å². The second-order valence-electron chi connectivity index (χ2n) is 11.9. The Kier molecular flexibility index (Phi) is 5.67. The summed E-state index contributed by atoms with van der Waals surface area (Å²) in [5.41, 5.74) is 0.672. The fourth-order valence-electron chi connectivity index (χ4n) is 7.64. The van der Waals surface area contributed by atoms with Gasteiger partial charge in [-0.3, -0.25) is 9.88 Å². The van der Waals surface area contributed by atoms with Crippen molar-refractivity contribution in [1.82, 2.24) is 25.2 Å². The fraction of sp³-hybridized carbons (Fsp3) is 0.452. The first-order valence-corrected chi connectivity index (χ1v) is 14.5. The number of nitrogens with one attached hydrogen (secondary N) is 1. The van der Waals surface area contributed by atoms with Crippen molar-refractivity contribution in [1.29, 1.82) is 0 Å². The molecule has 9 heteroatoms. The van der Waals surface area contributed by atoms with Gasteiger partial charge in [-0.05, 0) is 63.1 Å². The molecular formula is C31H32F2N6O. The summed E-state index contributed by atoms with van der Waals surface area (Å²) in [4.78, 5) is 18.8. The zero-order valence-corrected chi connectivity index (χ0v) is 22.4. The lowest BCUT2D eigenvalue weighted by atomic mass is 9.95. The Hall–Kier alpha value is -3.43. The molecule has 40 heavy (non-hydrogen) atoms. The Labute approximate surface area is 231 Å². The molecule has 1 N–H and O–H groups in total. The molecule has 0 amide bonds. The van der Waals surface area contributed by atoms with Gasteiger partial charge in [0.15, 0.2) is 5.82 Å². The number of ether oxygens (including phenoxy) is 1. The van der Waals surface area contributed by atoms with E-state index in [0.717, 1.165) is 51.9 Å². The maximum Gasteiger partial charge on any atom is 0.319 e. The van der Waals surface area contributed by atoms with Crippen LogP contribution in [0.1, 0.15) is 38.5 Å². The summed E-state index contributed by atoms with van der Waals surface area (Å²) >= 11 is 0. The van der Waals surface area contributed by atoms with E-state index in [-0.39, 0.29) is 22.8 Å². The van der Waals surface area contributed by atoms with Crippen LogP contribution in [0.5, 0.6) is 6.01 Å². The van der Waals surface area contributed by atoms with E-state index in [1.165, 1.54) is 18.9 Å². The summed E-state index contributed by atoms with van der Waals surface area (Å²) in [7, 11) is 0. The fourth-order valence-corrected chi connectivity index (χ4v) is 7.64. The molecule has 0 aliphatic carbocycles. The van der Waals surface area contributed by atoms with E-state index < -0.39 is 11.6 Å². The third-order valence-electron chi connectivity index (χ3n) is 9.55. The van der Waals surface area contributed by atoms with Gasteiger partial charge in [-0.25, -0.2) is 8.78 Å². The first-order valence-electron chi connectivity index (χ1n) is 14.5. The predicted octanol–water partition coefficient (Wildman–Crippen LogP) is 5.07. The lowest BCUT2D eigenvalue weighted by molar-refractivity contribution is 0.108. The molecule has 2 bridgehead atoms. The summed E-state index contributed by atoms with van der Waals surface area (Å²) in [5.74, 6) is -0.330. The molecule has 0 saturated carbocycles. The van der Waals surface area contributed by atoms with Crippen LogP contribution < -0.4 is 15.0 Å². The zero-order chi connectivity index (χ0) is 26.8. The van der Waals surface area contributed by atoms with Gasteiger partial charge in [0.2, 0.25) is 0 Å². The molecule has 4 saturated heterocycles. The number of piperazine rings is 1. The highest BCUT2D eigenvalue weighted by atomic mass is 19.1. The second-order valence-corrected chi connectivity index (χ2v) is 11.9. The van der Waals surface area contributed by atoms with E-state index in [9.17, 15) is 4.39 Å². The topological polar surface area (TPSA) is 66.4 Å². The van der Waals surface area contributed by atoms with E-state index in [4.69, 9.17) is 9.72 Å². The number of anilines is 1. The normalized spacial score (nSPS) is 23.8. The maximum atomic E-state index is 16.5. The quantitative estimate of drug-likeness (QED) is 0.378. The van der Waals surface area contributed by atoms with Crippen molar-refractivity contribution in [3.8, 4) is 17.3 Å². The molecule has 7 nitrogen and oxygen atoms in total. The van der Waals surface area contributed by atoms with Gasteiger partial charge in [0.1, 0.15) is 29.5 Å².